The molecule has 1 atom stereocenters. The van der Waals surface area contributed by atoms with Crippen LogP contribution < -0.4 is 11.1 Å². The molecule has 0 heterocycles. The summed E-state index contributed by atoms with van der Waals surface area (Å²) in [4.78, 5) is 0. The summed E-state index contributed by atoms with van der Waals surface area (Å²) in [6.07, 6.45) is 6.68. The van der Waals surface area contributed by atoms with Crippen molar-refractivity contribution in [2.75, 3.05) is 13.1 Å². The second-order valence-electron chi connectivity index (χ2n) is 3.11. The lowest BCUT2D eigenvalue weighted by Gasteiger charge is -2.15. The van der Waals surface area contributed by atoms with Crippen LogP contribution in [0.5, 0.6) is 0 Å². The summed E-state index contributed by atoms with van der Waals surface area (Å²) >= 11 is 0. The zero-order valence-corrected chi connectivity index (χ0v) is 8.18. The minimum atomic E-state index is 0.505. The Balaban J connectivity index is 3.32. The average molecular weight is 170 g/mol. The summed E-state index contributed by atoms with van der Waals surface area (Å²) in [5.74, 6) is 0. The fourth-order valence-electron chi connectivity index (χ4n) is 1.14. The summed E-state index contributed by atoms with van der Waals surface area (Å²) in [6.45, 7) is 7.64. The molecule has 0 bridgehead atoms. The molecule has 0 aromatic rings. The molecule has 2 nitrogen and oxygen atoms in total. The molecule has 0 aliphatic carbocycles. The van der Waals surface area contributed by atoms with Crippen molar-refractivity contribution < 1.29 is 0 Å². The maximum absolute atomic E-state index is 5.61. The molecule has 0 fully saturated rings. The van der Waals surface area contributed by atoms with Crippen molar-refractivity contribution in [1.82, 2.24) is 5.32 Å². The van der Waals surface area contributed by atoms with Crippen LogP contribution >= 0.6 is 0 Å². The number of unbranched alkanes of at least 4 members (excludes halogenated alkanes) is 1. The largest absolute Gasteiger partial charge is 0.329 e. The van der Waals surface area contributed by atoms with Crippen LogP contribution in [0.15, 0.2) is 12.7 Å². The highest BCUT2D eigenvalue weighted by Crippen LogP contribution is 1.98. The van der Waals surface area contributed by atoms with Gasteiger partial charge in [0.25, 0.3) is 0 Å². The summed E-state index contributed by atoms with van der Waals surface area (Å²) in [7, 11) is 0. The molecule has 0 aromatic heterocycles. The van der Waals surface area contributed by atoms with Crippen molar-refractivity contribution in [3.63, 3.8) is 0 Å². The Morgan fingerprint density at radius 3 is 2.83 bits per heavy atom. The standard InChI is InChI=1S/C10H22N2/c1-3-5-7-10(9-11)12-8-6-4-2/h4,10,12H,2-3,5-9,11H2,1H3. The zero-order valence-electron chi connectivity index (χ0n) is 8.18. The van der Waals surface area contributed by atoms with Gasteiger partial charge in [0.15, 0.2) is 0 Å². The van der Waals surface area contributed by atoms with Crippen molar-refractivity contribution in [3.8, 4) is 0 Å². The maximum atomic E-state index is 5.61. The number of hydrogen-bond donors (Lipinski definition) is 2. The molecular formula is C10H22N2. The summed E-state index contributed by atoms with van der Waals surface area (Å²) in [5, 5.41) is 3.41. The van der Waals surface area contributed by atoms with E-state index in [1.54, 1.807) is 0 Å². The third-order valence-electron chi connectivity index (χ3n) is 1.97. The molecule has 0 radical (unpaired) electrons. The van der Waals surface area contributed by atoms with Gasteiger partial charge in [-0.25, -0.2) is 0 Å². The molecule has 2 heteroatoms. The van der Waals surface area contributed by atoms with Gasteiger partial charge < -0.3 is 11.1 Å². The van der Waals surface area contributed by atoms with E-state index in [9.17, 15) is 0 Å². The van der Waals surface area contributed by atoms with Crippen molar-refractivity contribution >= 4 is 0 Å². The van der Waals surface area contributed by atoms with E-state index in [2.05, 4.69) is 18.8 Å². The molecule has 1 unspecified atom stereocenters. The van der Waals surface area contributed by atoms with Gasteiger partial charge in [-0.05, 0) is 19.4 Å². The predicted molar refractivity (Wildman–Crippen MR) is 55.2 cm³/mol. The molecule has 0 aliphatic heterocycles. The van der Waals surface area contributed by atoms with Gasteiger partial charge in [0.05, 0.1) is 0 Å². The van der Waals surface area contributed by atoms with E-state index in [1.807, 2.05) is 6.08 Å². The van der Waals surface area contributed by atoms with Crippen LogP contribution in [-0.2, 0) is 0 Å². The van der Waals surface area contributed by atoms with Crippen LogP contribution in [0.3, 0.4) is 0 Å². The lowest BCUT2D eigenvalue weighted by Crippen LogP contribution is -2.36. The van der Waals surface area contributed by atoms with Crippen LogP contribution in [0.2, 0.25) is 0 Å². The van der Waals surface area contributed by atoms with E-state index in [4.69, 9.17) is 5.73 Å². The minimum absolute atomic E-state index is 0.505. The van der Waals surface area contributed by atoms with Gasteiger partial charge in [-0.15, -0.1) is 6.58 Å². The number of nitrogens with two attached hydrogens (primary N) is 1. The van der Waals surface area contributed by atoms with Crippen molar-refractivity contribution in [3.05, 3.63) is 12.7 Å². The lowest BCUT2D eigenvalue weighted by atomic mass is 10.1. The maximum Gasteiger partial charge on any atom is 0.0190 e. The molecule has 0 aliphatic rings. The summed E-state index contributed by atoms with van der Waals surface area (Å²) in [6, 6.07) is 0.505. The smallest absolute Gasteiger partial charge is 0.0190 e. The first kappa shape index (κ1) is 11.7. The first-order valence-electron chi connectivity index (χ1n) is 4.89. The Morgan fingerprint density at radius 2 is 2.33 bits per heavy atom. The Hall–Kier alpha value is -0.340. The van der Waals surface area contributed by atoms with Gasteiger partial charge >= 0.3 is 0 Å². The van der Waals surface area contributed by atoms with Gasteiger partial charge in [0.1, 0.15) is 0 Å². The van der Waals surface area contributed by atoms with Gasteiger partial charge in [0.2, 0.25) is 0 Å². The molecule has 12 heavy (non-hydrogen) atoms. The van der Waals surface area contributed by atoms with Crippen molar-refractivity contribution in [2.24, 2.45) is 5.73 Å². The SMILES string of the molecule is C=CCCNC(CN)CCCC. The van der Waals surface area contributed by atoms with Crippen LogP contribution in [0, 0.1) is 0 Å². The van der Waals surface area contributed by atoms with Crippen LogP contribution in [-0.4, -0.2) is 19.1 Å². The number of hydrogen-bond acceptors (Lipinski definition) is 2. The number of nitrogens with one attached hydrogen (secondary N) is 1. The van der Waals surface area contributed by atoms with E-state index < -0.39 is 0 Å². The van der Waals surface area contributed by atoms with E-state index in [1.165, 1.54) is 19.3 Å². The van der Waals surface area contributed by atoms with Gasteiger partial charge in [-0.2, -0.15) is 0 Å². The van der Waals surface area contributed by atoms with Crippen molar-refractivity contribution in [1.29, 1.82) is 0 Å². The van der Waals surface area contributed by atoms with E-state index in [0.717, 1.165) is 19.5 Å². The van der Waals surface area contributed by atoms with Gasteiger partial charge in [-0.1, -0.05) is 25.8 Å². The molecule has 72 valence electrons. The predicted octanol–water partition coefficient (Wildman–Crippen LogP) is 1.67. The van der Waals surface area contributed by atoms with E-state index >= 15 is 0 Å². The van der Waals surface area contributed by atoms with Gasteiger partial charge in [0, 0.05) is 12.6 Å². The molecule has 3 N–H and O–H groups in total. The van der Waals surface area contributed by atoms with Crippen LogP contribution in [0.4, 0.5) is 0 Å². The first-order chi connectivity index (χ1) is 5.85. The molecule has 0 aromatic carbocycles. The normalized spacial score (nSPS) is 12.8. The Labute approximate surface area is 76.2 Å². The highest BCUT2D eigenvalue weighted by molar-refractivity contribution is 4.72. The Kier molecular flexibility index (Phi) is 8.51. The van der Waals surface area contributed by atoms with E-state index in [0.29, 0.717) is 6.04 Å². The van der Waals surface area contributed by atoms with Gasteiger partial charge in [-0.3, -0.25) is 0 Å². The van der Waals surface area contributed by atoms with E-state index in [-0.39, 0.29) is 0 Å². The quantitative estimate of drug-likeness (QED) is 0.429. The first-order valence-corrected chi connectivity index (χ1v) is 4.89. The fraction of sp³-hybridized carbons (Fsp3) is 0.800. The Morgan fingerprint density at radius 1 is 1.58 bits per heavy atom. The molecule has 0 saturated heterocycles. The molecule has 0 rings (SSSR count). The number of rotatable bonds is 8. The van der Waals surface area contributed by atoms with Crippen molar-refractivity contribution in [2.45, 2.75) is 38.6 Å². The summed E-state index contributed by atoms with van der Waals surface area (Å²) in [5.41, 5.74) is 5.61. The molecule has 0 saturated carbocycles. The summed E-state index contributed by atoms with van der Waals surface area (Å²) < 4.78 is 0. The second-order valence-corrected chi connectivity index (χ2v) is 3.11. The fourth-order valence-corrected chi connectivity index (χ4v) is 1.14. The third-order valence-corrected chi connectivity index (χ3v) is 1.97. The van der Waals surface area contributed by atoms with Crippen LogP contribution in [0.25, 0.3) is 0 Å². The zero-order chi connectivity index (χ0) is 9.23. The topological polar surface area (TPSA) is 38.0 Å². The van der Waals surface area contributed by atoms with Crippen LogP contribution in [0.1, 0.15) is 32.6 Å². The molecule has 0 amide bonds. The highest BCUT2D eigenvalue weighted by Gasteiger charge is 2.02. The highest BCUT2D eigenvalue weighted by atomic mass is 14.9. The molecule has 0 spiro atoms. The monoisotopic (exact) mass is 170 g/mol. The second kappa shape index (κ2) is 8.75. The minimum Gasteiger partial charge on any atom is -0.329 e. The Bertz CT molecular complexity index is 102. The lowest BCUT2D eigenvalue weighted by molar-refractivity contribution is 0.476. The molecular weight excluding hydrogens is 148 g/mol. The average Bonchev–Trinajstić information content (AvgIpc) is 2.11. The third kappa shape index (κ3) is 6.38.